The molecule has 27 heavy (non-hydrogen) atoms. The first-order chi connectivity index (χ1) is 12.2. The Balaban J connectivity index is 0.00000131. The summed E-state index contributed by atoms with van der Waals surface area (Å²) in [6, 6.07) is 16.2. The number of amides is 1. The Morgan fingerprint density at radius 2 is 1.81 bits per heavy atom. The molecule has 1 amide bonds. The zero-order valence-electron chi connectivity index (χ0n) is 14.9. The number of imidazole rings is 1. The van der Waals surface area contributed by atoms with Crippen molar-refractivity contribution in [1.82, 2.24) is 14.3 Å². The molecule has 3 aromatic rings. The fourth-order valence-electron chi connectivity index (χ4n) is 3.73. The van der Waals surface area contributed by atoms with Gasteiger partial charge in [0.2, 0.25) is 5.91 Å². The zero-order valence-corrected chi connectivity index (χ0v) is 16.5. The maximum Gasteiger partial charge on any atom is 0.228 e. The molecule has 7 heteroatoms. The van der Waals surface area contributed by atoms with Gasteiger partial charge in [0.15, 0.2) is 0 Å². The molecule has 0 aliphatic carbocycles. The number of halogens is 2. The molecule has 5 nitrogen and oxygen atoms in total. The summed E-state index contributed by atoms with van der Waals surface area (Å²) in [5.74, 6) is 0.754. The van der Waals surface area contributed by atoms with Gasteiger partial charge in [-0.2, -0.15) is 0 Å². The number of hydrogen-bond donors (Lipinski definition) is 1. The third-order valence-electron chi connectivity index (χ3n) is 5.07. The number of benzene rings is 1. The Bertz CT molecular complexity index is 851. The van der Waals surface area contributed by atoms with Crippen LogP contribution in [0, 0.1) is 5.92 Å². The van der Waals surface area contributed by atoms with Crippen LogP contribution in [0.4, 0.5) is 0 Å². The molecule has 2 N–H and O–H groups in total. The fraction of sp³-hybridized carbons (Fsp3) is 0.300. The van der Waals surface area contributed by atoms with E-state index in [9.17, 15) is 4.79 Å². The molecule has 1 fully saturated rings. The largest absolute Gasteiger partial charge is 0.341 e. The van der Waals surface area contributed by atoms with Gasteiger partial charge in [-0.15, -0.1) is 24.8 Å². The second-order valence-electron chi connectivity index (χ2n) is 6.69. The van der Waals surface area contributed by atoms with Gasteiger partial charge < -0.3 is 15.0 Å². The number of fused-ring (bicyclic) bond motifs is 1. The number of carbonyl (C=O) groups is 1. The maximum atomic E-state index is 12.8. The molecule has 1 aromatic carbocycles. The minimum absolute atomic E-state index is 0. The Kier molecular flexibility index (Phi) is 7.25. The van der Waals surface area contributed by atoms with E-state index in [1.165, 1.54) is 5.56 Å². The first-order valence-electron chi connectivity index (χ1n) is 8.70. The van der Waals surface area contributed by atoms with Crippen LogP contribution < -0.4 is 5.73 Å². The van der Waals surface area contributed by atoms with Crippen molar-refractivity contribution in [2.75, 3.05) is 19.6 Å². The number of carbonyl (C=O) groups excluding carboxylic acids is 1. The Labute approximate surface area is 171 Å². The monoisotopic (exact) mass is 406 g/mol. The fourth-order valence-corrected chi connectivity index (χ4v) is 3.73. The number of nitrogens with zero attached hydrogens (tertiary/aromatic N) is 3. The molecule has 144 valence electrons. The second-order valence-corrected chi connectivity index (χ2v) is 6.69. The third kappa shape index (κ3) is 4.43. The lowest BCUT2D eigenvalue weighted by molar-refractivity contribution is -0.129. The summed E-state index contributed by atoms with van der Waals surface area (Å²) in [5.41, 5.74) is 8.92. The van der Waals surface area contributed by atoms with E-state index in [1.54, 1.807) is 0 Å². The summed E-state index contributed by atoms with van der Waals surface area (Å²) in [6.45, 7) is 2.05. The van der Waals surface area contributed by atoms with Crippen LogP contribution in [0.5, 0.6) is 0 Å². The van der Waals surface area contributed by atoms with Gasteiger partial charge in [-0.3, -0.25) is 4.79 Å². The van der Waals surface area contributed by atoms with Gasteiger partial charge in [0, 0.05) is 31.4 Å². The smallest absolute Gasteiger partial charge is 0.228 e. The van der Waals surface area contributed by atoms with Crippen molar-refractivity contribution in [2.45, 2.75) is 12.3 Å². The van der Waals surface area contributed by atoms with Crippen LogP contribution in [0.3, 0.4) is 0 Å². The predicted octanol–water partition coefficient (Wildman–Crippen LogP) is 2.92. The third-order valence-corrected chi connectivity index (χ3v) is 5.07. The molecule has 0 spiro atoms. The number of likely N-dealkylation sites (tertiary alicyclic amines) is 1. The zero-order chi connectivity index (χ0) is 17.2. The Morgan fingerprint density at radius 1 is 1.07 bits per heavy atom. The molecular weight excluding hydrogens is 383 g/mol. The van der Waals surface area contributed by atoms with Crippen LogP contribution in [-0.2, 0) is 11.2 Å². The number of pyridine rings is 1. The second kappa shape index (κ2) is 9.22. The van der Waals surface area contributed by atoms with E-state index in [4.69, 9.17) is 5.73 Å². The van der Waals surface area contributed by atoms with Crippen molar-refractivity contribution < 1.29 is 4.79 Å². The highest BCUT2D eigenvalue weighted by Crippen LogP contribution is 2.32. The van der Waals surface area contributed by atoms with E-state index in [2.05, 4.69) is 17.1 Å². The summed E-state index contributed by atoms with van der Waals surface area (Å²) < 4.78 is 1.95. The van der Waals surface area contributed by atoms with Crippen LogP contribution in [0.2, 0.25) is 0 Å². The molecule has 0 radical (unpaired) electrons. The van der Waals surface area contributed by atoms with Crippen molar-refractivity contribution in [2.24, 2.45) is 11.7 Å². The average molecular weight is 407 g/mol. The minimum Gasteiger partial charge on any atom is -0.341 e. The van der Waals surface area contributed by atoms with Crippen molar-refractivity contribution in [3.8, 4) is 0 Å². The molecule has 4 rings (SSSR count). The average Bonchev–Trinajstić information content (AvgIpc) is 3.25. The van der Waals surface area contributed by atoms with Gasteiger partial charge in [0.1, 0.15) is 5.65 Å². The number of rotatable bonds is 4. The first kappa shape index (κ1) is 21.2. The first-order valence-corrected chi connectivity index (χ1v) is 8.70. The van der Waals surface area contributed by atoms with Crippen molar-refractivity contribution >= 4 is 36.4 Å². The summed E-state index contributed by atoms with van der Waals surface area (Å²) in [7, 11) is 0. The lowest BCUT2D eigenvalue weighted by Gasteiger charge is -2.16. The van der Waals surface area contributed by atoms with E-state index in [0.29, 0.717) is 24.8 Å². The van der Waals surface area contributed by atoms with Crippen LogP contribution in [0.1, 0.15) is 17.2 Å². The normalized spacial score (nSPS) is 18.8. The molecular formula is C20H24Cl2N4O. The molecule has 1 aliphatic heterocycles. The molecule has 3 heterocycles. The minimum atomic E-state index is 0. The van der Waals surface area contributed by atoms with Crippen LogP contribution in [-0.4, -0.2) is 39.8 Å². The van der Waals surface area contributed by atoms with E-state index in [-0.39, 0.29) is 30.7 Å². The molecule has 2 atom stereocenters. The quantitative estimate of drug-likeness (QED) is 0.724. The van der Waals surface area contributed by atoms with Gasteiger partial charge in [0.25, 0.3) is 0 Å². The Morgan fingerprint density at radius 3 is 2.52 bits per heavy atom. The molecule has 2 aromatic heterocycles. The molecule has 0 saturated carbocycles. The number of nitrogens with two attached hydrogens (primary N) is 1. The maximum absolute atomic E-state index is 12.8. The highest BCUT2D eigenvalue weighted by atomic mass is 35.5. The van der Waals surface area contributed by atoms with Crippen molar-refractivity contribution in [1.29, 1.82) is 0 Å². The summed E-state index contributed by atoms with van der Waals surface area (Å²) in [6.07, 6.45) is 4.21. The number of hydrogen-bond acceptors (Lipinski definition) is 3. The van der Waals surface area contributed by atoms with Gasteiger partial charge in [-0.05, 0) is 30.2 Å². The molecule has 1 aliphatic rings. The SMILES string of the molecule is Cl.Cl.NC[C@@H]1CN(C(=O)Cc2cn3ccccc3n2)C[C@H]1c1ccccc1. The van der Waals surface area contributed by atoms with Gasteiger partial charge in [-0.1, -0.05) is 36.4 Å². The van der Waals surface area contributed by atoms with Crippen LogP contribution >= 0.6 is 24.8 Å². The summed E-state index contributed by atoms with van der Waals surface area (Å²) in [5, 5.41) is 0. The Hall–Kier alpha value is -2.08. The molecule has 0 unspecified atom stereocenters. The van der Waals surface area contributed by atoms with Crippen LogP contribution in [0.15, 0.2) is 60.9 Å². The van der Waals surface area contributed by atoms with E-state index >= 15 is 0 Å². The predicted molar refractivity (Wildman–Crippen MR) is 112 cm³/mol. The highest BCUT2D eigenvalue weighted by molar-refractivity contribution is 5.85. The number of aromatic nitrogens is 2. The highest BCUT2D eigenvalue weighted by Gasteiger charge is 2.35. The van der Waals surface area contributed by atoms with E-state index < -0.39 is 0 Å². The molecule has 1 saturated heterocycles. The van der Waals surface area contributed by atoms with E-state index in [0.717, 1.165) is 24.4 Å². The standard InChI is InChI=1S/C20H22N4O.2ClH/c21-11-16-12-24(14-18(16)15-6-2-1-3-7-15)20(25)10-17-13-23-9-5-4-8-19(23)22-17;;/h1-9,13,16,18H,10-12,14,21H2;2*1H/t16-,18+;;/m1../s1. The van der Waals surface area contributed by atoms with E-state index in [1.807, 2.05) is 58.1 Å². The van der Waals surface area contributed by atoms with Crippen molar-refractivity contribution in [3.63, 3.8) is 0 Å². The van der Waals surface area contributed by atoms with Gasteiger partial charge >= 0.3 is 0 Å². The van der Waals surface area contributed by atoms with Crippen LogP contribution in [0.25, 0.3) is 5.65 Å². The lowest BCUT2D eigenvalue weighted by atomic mass is 9.89. The summed E-state index contributed by atoms with van der Waals surface area (Å²) in [4.78, 5) is 19.2. The van der Waals surface area contributed by atoms with Gasteiger partial charge in [0.05, 0.1) is 12.1 Å². The molecule has 0 bridgehead atoms. The lowest BCUT2D eigenvalue weighted by Crippen LogP contribution is -2.31. The summed E-state index contributed by atoms with van der Waals surface area (Å²) >= 11 is 0. The van der Waals surface area contributed by atoms with Crippen molar-refractivity contribution in [3.05, 3.63) is 72.2 Å². The topological polar surface area (TPSA) is 63.6 Å². The van der Waals surface area contributed by atoms with Gasteiger partial charge in [-0.25, -0.2) is 4.98 Å².